The second-order valence-electron chi connectivity index (χ2n) is 4.70. The number of nitrogens with zero attached hydrogens (tertiary/aromatic N) is 3. The highest BCUT2D eigenvalue weighted by Gasteiger charge is 2.07. The van der Waals surface area contributed by atoms with Crippen LogP contribution in [-0.2, 0) is 11.3 Å². The quantitative estimate of drug-likeness (QED) is 0.588. The van der Waals surface area contributed by atoms with Crippen molar-refractivity contribution in [2.45, 2.75) is 13.5 Å². The summed E-state index contributed by atoms with van der Waals surface area (Å²) in [5, 5.41) is 4.10. The van der Waals surface area contributed by atoms with Crippen molar-refractivity contribution in [1.29, 1.82) is 0 Å². The van der Waals surface area contributed by atoms with Gasteiger partial charge in [-0.2, -0.15) is 5.10 Å². The first kappa shape index (κ1) is 14.7. The fourth-order valence-electron chi connectivity index (χ4n) is 2.04. The highest BCUT2D eigenvalue weighted by Crippen LogP contribution is 2.21. The van der Waals surface area contributed by atoms with Crippen molar-refractivity contribution in [3.8, 4) is 0 Å². The molecule has 1 N–H and O–H groups in total. The maximum atomic E-state index is 12.0. The third kappa shape index (κ3) is 3.18. The van der Waals surface area contributed by atoms with E-state index in [4.69, 9.17) is 11.6 Å². The summed E-state index contributed by atoms with van der Waals surface area (Å²) in [7, 11) is 0. The fraction of sp³-hybridized carbons (Fsp3) is 0.133. The number of imidazole rings is 1. The van der Waals surface area contributed by atoms with Crippen molar-refractivity contribution in [2.75, 3.05) is 0 Å². The van der Waals surface area contributed by atoms with E-state index >= 15 is 0 Å². The Hall–Kier alpha value is -2.18. The third-order valence-electron chi connectivity index (χ3n) is 3.12. The number of aromatic nitrogens is 2. The summed E-state index contributed by atoms with van der Waals surface area (Å²) in [5.41, 5.74) is 5.06. The van der Waals surface area contributed by atoms with Gasteiger partial charge in [-0.3, -0.25) is 4.79 Å². The highest BCUT2D eigenvalue weighted by molar-refractivity contribution is 7.18. The Balaban J connectivity index is 1.68. The van der Waals surface area contributed by atoms with Gasteiger partial charge in [-0.1, -0.05) is 23.7 Å². The molecule has 7 heteroatoms. The molecule has 22 heavy (non-hydrogen) atoms. The molecule has 1 amide bonds. The van der Waals surface area contributed by atoms with E-state index in [9.17, 15) is 4.79 Å². The minimum Gasteiger partial charge on any atom is -0.321 e. The van der Waals surface area contributed by atoms with Crippen LogP contribution in [0, 0.1) is 0 Å². The standard InChI is InChI=1S/C15H13ClN4OS/c1-10(13-6-7-14(16)22-13)18-19-15(21)8-20-9-17-11-4-2-3-5-12(11)20/h2-7,9H,8H2,1H3,(H,19,21)/b18-10-. The van der Waals surface area contributed by atoms with Crippen LogP contribution < -0.4 is 5.43 Å². The number of hydrazone groups is 1. The van der Waals surface area contributed by atoms with Gasteiger partial charge in [0.25, 0.3) is 5.91 Å². The number of thiophene rings is 1. The molecule has 0 atom stereocenters. The molecule has 3 rings (SSSR count). The smallest absolute Gasteiger partial charge is 0.260 e. The van der Waals surface area contributed by atoms with Crippen LogP contribution in [0.4, 0.5) is 0 Å². The van der Waals surface area contributed by atoms with E-state index in [0.717, 1.165) is 21.6 Å². The van der Waals surface area contributed by atoms with Crippen LogP contribution >= 0.6 is 22.9 Å². The molecule has 0 aliphatic rings. The number of nitrogens with one attached hydrogen (secondary N) is 1. The predicted octanol–water partition coefficient (Wildman–Crippen LogP) is 3.29. The van der Waals surface area contributed by atoms with Crippen LogP contribution in [0.3, 0.4) is 0 Å². The lowest BCUT2D eigenvalue weighted by Gasteiger charge is -2.03. The lowest BCUT2D eigenvalue weighted by Crippen LogP contribution is -2.23. The van der Waals surface area contributed by atoms with E-state index in [1.165, 1.54) is 11.3 Å². The Labute approximate surface area is 136 Å². The first-order valence-corrected chi connectivity index (χ1v) is 7.81. The molecule has 0 saturated carbocycles. The van der Waals surface area contributed by atoms with Gasteiger partial charge in [-0.05, 0) is 31.2 Å². The fourth-order valence-corrected chi connectivity index (χ4v) is 3.02. The van der Waals surface area contributed by atoms with Gasteiger partial charge in [0.1, 0.15) is 6.54 Å². The number of benzene rings is 1. The summed E-state index contributed by atoms with van der Waals surface area (Å²) in [5.74, 6) is -0.204. The van der Waals surface area contributed by atoms with E-state index in [-0.39, 0.29) is 12.5 Å². The summed E-state index contributed by atoms with van der Waals surface area (Å²) in [6.07, 6.45) is 1.65. The molecule has 5 nitrogen and oxygen atoms in total. The van der Waals surface area contributed by atoms with Crippen LogP contribution in [0.25, 0.3) is 11.0 Å². The van der Waals surface area contributed by atoms with Crippen molar-refractivity contribution in [3.63, 3.8) is 0 Å². The zero-order chi connectivity index (χ0) is 15.5. The lowest BCUT2D eigenvalue weighted by molar-refractivity contribution is -0.121. The summed E-state index contributed by atoms with van der Waals surface area (Å²) in [6.45, 7) is 2.00. The second-order valence-corrected chi connectivity index (χ2v) is 6.41. The summed E-state index contributed by atoms with van der Waals surface area (Å²) >= 11 is 7.31. The molecule has 0 unspecified atom stereocenters. The number of hydrogen-bond donors (Lipinski definition) is 1. The average molecular weight is 333 g/mol. The third-order valence-corrected chi connectivity index (χ3v) is 4.46. The SMILES string of the molecule is C/C(=N/NC(=O)Cn1cnc2ccccc21)c1ccc(Cl)s1. The van der Waals surface area contributed by atoms with Gasteiger partial charge in [-0.15, -0.1) is 11.3 Å². The number of carbonyl (C=O) groups is 1. The molecular weight excluding hydrogens is 320 g/mol. The molecule has 0 saturated heterocycles. The molecule has 0 aliphatic carbocycles. The topological polar surface area (TPSA) is 59.3 Å². The van der Waals surface area contributed by atoms with Gasteiger partial charge in [0.05, 0.1) is 32.3 Å². The van der Waals surface area contributed by atoms with Crippen molar-refractivity contribution >= 4 is 45.6 Å². The summed E-state index contributed by atoms with van der Waals surface area (Å²) in [4.78, 5) is 17.2. The van der Waals surface area contributed by atoms with Crippen molar-refractivity contribution in [2.24, 2.45) is 5.10 Å². The van der Waals surface area contributed by atoms with Crippen LogP contribution in [0.1, 0.15) is 11.8 Å². The van der Waals surface area contributed by atoms with Gasteiger partial charge in [0.2, 0.25) is 0 Å². The Morgan fingerprint density at radius 1 is 1.36 bits per heavy atom. The molecule has 112 valence electrons. The number of carbonyl (C=O) groups excluding carboxylic acids is 1. The number of hydrogen-bond acceptors (Lipinski definition) is 4. The molecule has 2 aromatic heterocycles. The number of para-hydroxylation sites is 2. The zero-order valence-electron chi connectivity index (χ0n) is 11.8. The van der Waals surface area contributed by atoms with Crippen molar-refractivity contribution in [1.82, 2.24) is 15.0 Å². The molecule has 0 radical (unpaired) electrons. The molecule has 3 aromatic rings. The summed E-state index contributed by atoms with van der Waals surface area (Å²) in [6, 6.07) is 11.4. The first-order chi connectivity index (χ1) is 10.6. The Bertz CT molecular complexity index is 852. The zero-order valence-corrected chi connectivity index (χ0v) is 13.4. The van der Waals surface area contributed by atoms with Crippen molar-refractivity contribution < 1.29 is 4.79 Å². The van der Waals surface area contributed by atoms with Gasteiger partial charge >= 0.3 is 0 Å². The minimum absolute atomic E-state index is 0.169. The molecule has 0 fully saturated rings. The molecule has 0 bridgehead atoms. The molecule has 2 heterocycles. The van der Waals surface area contributed by atoms with E-state index in [0.29, 0.717) is 4.34 Å². The Morgan fingerprint density at radius 3 is 2.95 bits per heavy atom. The van der Waals surface area contributed by atoms with E-state index in [1.54, 1.807) is 17.0 Å². The summed E-state index contributed by atoms with van der Waals surface area (Å²) < 4.78 is 2.48. The van der Waals surface area contributed by atoms with Gasteiger partial charge < -0.3 is 4.57 Å². The number of amides is 1. The van der Waals surface area contributed by atoms with Crippen molar-refractivity contribution in [3.05, 3.63) is 51.9 Å². The molecule has 1 aromatic carbocycles. The van der Waals surface area contributed by atoms with E-state index < -0.39 is 0 Å². The van der Waals surface area contributed by atoms with Gasteiger partial charge in [-0.25, -0.2) is 10.4 Å². The second kappa shape index (κ2) is 6.29. The maximum Gasteiger partial charge on any atom is 0.260 e. The average Bonchev–Trinajstić information content (AvgIpc) is 3.12. The van der Waals surface area contributed by atoms with Crippen LogP contribution in [0.15, 0.2) is 47.8 Å². The maximum absolute atomic E-state index is 12.0. The van der Waals surface area contributed by atoms with E-state index in [2.05, 4.69) is 15.5 Å². The van der Waals surface area contributed by atoms with Crippen LogP contribution in [0.2, 0.25) is 4.34 Å². The Morgan fingerprint density at radius 2 is 2.18 bits per heavy atom. The minimum atomic E-state index is -0.204. The largest absolute Gasteiger partial charge is 0.321 e. The molecular formula is C15H13ClN4OS. The Kier molecular flexibility index (Phi) is 4.22. The monoisotopic (exact) mass is 332 g/mol. The molecule has 0 aliphatic heterocycles. The first-order valence-electron chi connectivity index (χ1n) is 6.62. The number of rotatable bonds is 4. The highest BCUT2D eigenvalue weighted by atomic mass is 35.5. The van der Waals surface area contributed by atoms with E-state index in [1.807, 2.05) is 37.3 Å². The number of halogens is 1. The van der Waals surface area contributed by atoms with Crippen LogP contribution in [-0.4, -0.2) is 21.2 Å². The van der Waals surface area contributed by atoms with Crippen LogP contribution in [0.5, 0.6) is 0 Å². The molecule has 0 spiro atoms. The number of fused-ring (bicyclic) bond motifs is 1. The predicted molar refractivity (Wildman–Crippen MR) is 89.4 cm³/mol. The van der Waals surface area contributed by atoms with Gasteiger partial charge in [0, 0.05) is 0 Å². The lowest BCUT2D eigenvalue weighted by atomic mass is 10.3. The normalized spacial score (nSPS) is 11.8. The van der Waals surface area contributed by atoms with Gasteiger partial charge in [0.15, 0.2) is 0 Å².